The van der Waals surface area contributed by atoms with Crippen LogP contribution in [0.2, 0.25) is 0 Å². The van der Waals surface area contributed by atoms with Gasteiger partial charge >= 0.3 is 0 Å². The van der Waals surface area contributed by atoms with Crippen LogP contribution < -0.4 is 5.43 Å². The van der Waals surface area contributed by atoms with E-state index < -0.39 is 0 Å². The van der Waals surface area contributed by atoms with E-state index in [9.17, 15) is 4.79 Å². The molecule has 0 aromatic carbocycles. The van der Waals surface area contributed by atoms with Crippen molar-refractivity contribution in [2.75, 3.05) is 0 Å². The van der Waals surface area contributed by atoms with E-state index in [-0.39, 0.29) is 5.43 Å². The van der Waals surface area contributed by atoms with Crippen LogP contribution >= 0.6 is 11.3 Å². The number of hydrogen-bond donors (Lipinski definition) is 0. The Morgan fingerprint density at radius 2 is 2.33 bits per heavy atom. The third-order valence-electron chi connectivity index (χ3n) is 1.01. The number of aryl methyl sites for hydroxylation is 1. The van der Waals surface area contributed by atoms with Crippen LogP contribution in [-0.2, 0) is 12.6 Å². The van der Waals surface area contributed by atoms with Gasteiger partial charge in [-0.3, -0.25) is 4.79 Å². The molecule has 1 nitrogen and oxygen atoms in total. The van der Waals surface area contributed by atoms with Gasteiger partial charge < -0.3 is 12.6 Å². The Kier molecular flexibility index (Phi) is 1.83. The van der Waals surface area contributed by atoms with Crippen molar-refractivity contribution in [1.82, 2.24) is 0 Å². The highest BCUT2D eigenvalue weighted by molar-refractivity contribution is 7.59. The summed E-state index contributed by atoms with van der Waals surface area (Å²) in [5, 5.41) is 1.76. The minimum absolute atomic E-state index is 0.0405. The second-order valence-corrected chi connectivity index (χ2v) is 3.20. The van der Waals surface area contributed by atoms with Crippen LogP contribution in [0.15, 0.2) is 21.1 Å². The van der Waals surface area contributed by atoms with E-state index in [1.165, 1.54) is 17.4 Å². The standard InChI is InChI=1S/C6H6OS2/c1-4-6(8)5(7)2-3-9-4/h2-3,8H,1H3/p-1. The molecule has 9 heavy (non-hydrogen) atoms. The zero-order valence-corrected chi connectivity index (χ0v) is 6.51. The van der Waals surface area contributed by atoms with Gasteiger partial charge in [0.2, 0.25) is 0 Å². The molecule has 0 atom stereocenters. The SMILES string of the molecule is Cc1sccc(=O)c1[S-]. The molecule has 0 fully saturated rings. The summed E-state index contributed by atoms with van der Waals surface area (Å²) in [6, 6.07) is 1.50. The molecule has 0 unspecified atom stereocenters. The van der Waals surface area contributed by atoms with Crippen molar-refractivity contribution in [1.29, 1.82) is 0 Å². The van der Waals surface area contributed by atoms with Crippen molar-refractivity contribution >= 4 is 24.0 Å². The molecule has 0 N–H and O–H groups in total. The Morgan fingerprint density at radius 3 is 2.78 bits per heavy atom. The largest absolute Gasteiger partial charge is 0.775 e. The van der Waals surface area contributed by atoms with Gasteiger partial charge in [0.15, 0.2) is 5.43 Å². The second-order valence-electron chi connectivity index (χ2n) is 1.67. The van der Waals surface area contributed by atoms with Crippen molar-refractivity contribution < 1.29 is 0 Å². The molecular formula is C6H5OS2-. The van der Waals surface area contributed by atoms with Gasteiger partial charge in [-0.15, -0.1) is 4.90 Å². The predicted molar refractivity (Wildman–Crippen MR) is 41.0 cm³/mol. The molecule has 0 aliphatic carbocycles. The zero-order valence-electron chi connectivity index (χ0n) is 4.88. The van der Waals surface area contributed by atoms with Gasteiger partial charge in [0.25, 0.3) is 0 Å². The Hall–Kier alpha value is -0.410. The highest BCUT2D eigenvalue weighted by atomic mass is 32.1. The Balaban J connectivity index is 3.43. The first-order valence-corrected chi connectivity index (χ1v) is 3.76. The third-order valence-corrected chi connectivity index (χ3v) is 2.47. The second kappa shape index (κ2) is 2.45. The lowest BCUT2D eigenvalue weighted by Gasteiger charge is -2.04. The lowest BCUT2D eigenvalue weighted by atomic mass is 10.4. The molecule has 0 saturated carbocycles. The Labute approximate surface area is 62.8 Å². The first kappa shape index (κ1) is 6.71. The molecule has 0 aliphatic heterocycles. The minimum atomic E-state index is -0.0405. The Morgan fingerprint density at radius 1 is 1.67 bits per heavy atom. The van der Waals surface area contributed by atoms with Crippen LogP contribution in [0.25, 0.3) is 0 Å². The molecule has 0 radical (unpaired) electrons. The summed E-state index contributed by atoms with van der Waals surface area (Å²) in [4.78, 5) is 12.1. The highest BCUT2D eigenvalue weighted by Gasteiger charge is 1.86. The normalized spacial score (nSPS) is 9.44. The molecule has 48 valence electrons. The summed E-state index contributed by atoms with van der Waals surface area (Å²) in [7, 11) is 0. The monoisotopic (exact) mass is 157 g/mol. The van der Waals surface area contributed by atoms with Gasteiger partial charge in [-0.1, -0.05) is 0 Å². The lowest BCUT2D eigenvalue weighted by Crippen LogP contribution is -2.01. The fourth-order valence-corrected chi connectivity index (χ4v) is 1.32. The number of rotatable bonds is 0. The molecule has 0 saturated heterocycles. The first-order valence-electron chi connectivity index (χ1n) is 2.47. The molecular weight excluding hydrogens is 152 g/mol. The molecule has 1 aromatic rings. The maximum Gasteiger partial charge on any atom is 0.161 e. The van der Waals surface area contributed by atoms with Crippen LogP contribution in [0.4, 0.5) is 0 Å². The summed E-state index contributed by atoms with van der Waals surface area (Å²) in [6.07, 6.45) is 0. The third kappa shape index (κ3) is 1.28. The molecule has 0 spiro atoms. The minimum Gasteiger partial charge on any atom is -0.775 e. The zero-order chi connectivity index (χ0) is 6.85. The van der Waals surface area contributed by atoms with Crippen molar-refractivity contribution in [3.8, 4) is 0 Å². The first-order chi connectivity index (χ1) is 4.22. The van der Waals surface area contributed by atoms with Gasteiger partial charge in [0.05, 0.1) is 0 Å². The van der Waals surface area contributed by atoms with Crippen LogP contribution in [-0.4, -0.2) is 0 Å². The van der Waals surface area contributed by atoms with E-state index in [1.807, 2.05) is 6.92 Å². The highest BCUT2D eigenvalue weighted by Crippen LogP contribution is 2.05. The topological polar surface area (TPSA) is 17.1 Å². The fraction of sp³-hybridized carbons (Fsp3) is 0.167. The van der Waals surface area contributed by atoms with Gasteiger partial charge in [-0.05, 0) is 23.2 Å². The predicted octanol–water partition coefficient (Wildman–Crippen LogP) is 1.32. The molecule has 0 aliphatic rings. The summed E-state index contributed by atoms with van der Waals surface area (Å²) < 4.78 is 0. The summed E-state index contributed by atoms with van der Waals surface area (Å²) >= 11 is 6.30. The molecule has 1 aromatic heterocycles. The Bertz CT molecular complexity index is 264. The fourth-order valence-electron chi connectivity index (χ4n) is 0.501. The van der Waals surface area contributed by atoms with Crippen molar-refractivity contribution in [2.45, 2.75) is 11.8 Å². The van der Waals surface area contributed by atoms with Gasteiger partial charge in [0, 0.05) is 0 Å². The summed E-state index contributed by atoms with van der Waals surface area (Å²) in [5.74, 6) is 0. The maximum absolute atomic E-state index is 10.7. The van der Waals surface area contributed by atoms with Crippen LogP contribution in [0.3, 0.4) is 0 Å². The average molecular weight is 157 g/mol. The number of hydrogen-bond acceptors (Lipinski definition) is 3. The van der Waals surface area contributed by atoms with E-state index in [4.69, 9.17) is 12.6 Å². The molecule has 3 heteroatoms. The lowest BCUT2D eigenvalue weighted by molar-refractivity contribution is 1.33. The van der Waals surface area contributed by atoms with Gasteiger partial charge in [-0.2, -0.15) is 11.3 Å². The summed E-state index contributed by atoms with van der Waals surface area (Å²) in [6.45, 7) is 1.86. The van der Waals surface area contributed by atoms with Gasteiger partial charge in [0.1, 0.15) is 0 Å². The van der Waals surface area contributed by atoms with E-state index >= 15 is 0 Å². The smallest absolute Gasteiger partial charge is 0.161 e. The maximum atomic E-state index is 10.7. The van der Waals surface area contributed by atoms with E-state index in [2.05, 4.69) is 0 Å². The van der Waals surface area contributed by atoms with Crippen LogP contribution in [0.5, 0.6) is 0 Å². The quantitative estimate of drug-likeness (QED) is 0.528. The van der Waals surface area contributed by atoms with Crippen molar-refractivity contribution in [2.24, 2.45) is 0 Å². The van der Waals surface area contributed by atoms with Gasteiger partial charge in [-0.25, -0.2) is 0 Å². The van der Waals surface area contributed by atoms with E-state index in [0.29, 0.717) is 4.90 Å². The molecule has 1 heterocycles. The van der Waals surface area contributed by atoms with E-state index in [0.717, 1.165) is 4.88 Å². The van der Waals surface area contributed by atoms with E-state index in [1.54, 1.807) is 5.38 Å². The molecule has 1 rings (SSSR count). The summed E-state index contributed by atoms with van der Waals surface area (Å²) in [5.41, 5.74) is -0.0405. The average Bonchev–Trinajstić information content (AvgIpc) is 1.83. The molecule has 0 amide bonds. The van der Waals surface area contributed by atoms with Crippen molar-refractivity contribution in [3.05, 3.63) is 26.5 Å². The van der Waals surface area contributed by atoms with Crippen LogP contribution in [0.1, 0.15) is 4.88 Å². The van der Waals surface area contributed by atoms with Crippen LogP contribution in [0, 0.1) is 6.92 Å². The molecule has 0 bridgehead atoms. The van der Waals surface area contributed by atoms with Crippen molar-refractivity contribution in [3.63, 3.8) is 0 Å².